The van der Waals surface area contributed by atoms with Crippen LogP contribution in [0.5, 0.6) is 0 Å². The number of benzene rings is 1. The fourth-order valence-corrected chi connectivity index (χ4v) is 4.14. The molecule has 1 aromatic carbocycles. The molecule has 1 aromatic rings. The first-order valence-corrected chi connectivity index (χ1v) is 9.95. The van der Waals surface area contributed by atoms with Gasteiger partial charge in [0.25, 0.3) is 0 Å². The molecule has 24 heavy (non-hydrogen) atoms. The van der Waals surface area contributed by atoms with E-state index in [0.717, 1.165) is 32.4 Å². The monoisotopic (exact) mass is 354 g/mol. The van der Waals surface area contributed by atoms with Gasteiger partial charge in [0.2, 0.25) is 10.0 Å². The third kappa shape index (κ3) is 5.89. The van der Waals surface area contributed by atoms with Gasteiger partial charge in [0, 0.05) is 19.0 Å². The van der Waals surface area contributed by atoms with Crippen molar-refractivity contribution < 1.29 is 17.9 Å². The van der Waals surface area contributed by atoms with Crippen molar-refractivity contribution in [2.24, 2.45) is 0 Å². The summed E-state index contributed by atoms with van der Waals surface area (Å²) < 4.78 is 32.3. The van der Waals surface area contributed by atoms with Crippen LogP contribution in [0.25, 0.3) is 0 Å². The van der Waals surface area contributed by atoms with Gasteiger partial charge in [-0.1, -0.05) is 18.2 Å². The van der Waals surface area contributed by atoms with Crippen LogP contribution in [0.3, 0.4) is 0 Å². The van der Waals surface area contributed by atoms with Crippen LogP contribution in [-0.4, -0.2) is 51.6 Å². The lowest BCUT2D eigenvalue weighted by Gasteiger charge is -2.16. The summed E-state index contributed by atoms with van der Waals surface area (Å²) in [5, 5.41) is 0. The van der Waals surface area contributed by atoms with E-state index in [1.807, 2.05) is 0 Å². The van der Waals surface area contributed by atoms with Crippen LogP contribution in [0, 0.1) is 0 Å². The number of ether oxygens (including phenoxy) is 1. The third-order valence-corrected chi connectivity index (χ3v) is 5.59. The molecule has 0 aliphatic carbocycles. The Morgan fingerprint density at radius 3 is 2.75 bits per heavy atom. The van der Waals surface area contributed by atoms with E-state index in [1.54, 1.807) is 37.3 Å². The Labute approximate surface area is 144 Å². The summed E-state index contributed by atoms with van der Waals surface area (Å²) in [5.41, 5.74) is 0. The van der Waals surface area contributed by atoms with E-state index in [2.05, 4.69) is 9.62 Å². The molecule has 134 valence electrons. The predicted molar refractivity (Wildman–Crippen MR) is 92.1 cm³/mol. The second kappa shape index (κ2) is 9.15. The number of rotatable bonds is 9. The number of carbonyl (C=O) groups excluding carboxylic acids is 1. The van der Waals surface area contributed by atoms with Gasteiger partial charge in [0.1, 0.15) is 0 Å². The highest BCUT2D eigenvalue weighted by atomic mass is 32.2. The van der Waals surface area contributed by atoms with Crippen LogP contribution >= 0.6 is 0 Å². The average Bonchev–Trinajstić information content (AvgIpc) is 2.99. The molecule has 1 aliphatic rings. The molecule has 7 heteroatoms. The normalized spacial score (nSPS) is 18.6. The van der Waals surface area contributed by atoms with Gasteiger partial charge in [0.05, 0.1) is 11.5 Å². The third-order valence-electron chi connectivity index (χ3n) is 4.06. The Bertz CT molecular complexity index is 619. The minimum atomic E-state index is -3.45. The molecule has 1 aliphatic heterocycles. The van der Waals surface area contributed by atoms with Gasteiger partial charge in [-0.2, -0.15) is 0 Å². The molecule has 1 N–H and O–H groups in total. The van der Waals surface area contributed by atoms with Gasteiger partial charge in [-0.15, -0.1) is 0 Å². The Kier molecular flexibility index (Phi) is 7.20. The summed E-state index contributed by atoms with van der Waals surface area (Å²) in [4.78, 5) is 13.8. The van der Waals surface area contributed by atoms with E-state index < -0.39 is 10.0 Å². The van der Waals surface area contributed by atoms with Gasteiger partial charge in [-0.05, 0) is 51.4 Å². The summed E-state index contributed by atoms with van der Waals surface area (Å²) in [6.45, 7) is 4.70. The average molecular weight is 354 g/mol. The minimum Gasteiger partial charge on any atom is -0.466 e. The number of carbonyl (C=O) groups is 1. The van der Waals surface area contributed by atoms with Gasteiger partial charge in [-0.3, -0.25) is 4.79 Å². The van der Waals surface area contributed by atoms with Gasteiger partial charge < -0.3 is 9.64 Å². The van der Waals surface area contributed by atoms with E-state index in [4.69, 9.17) is 4.74 Å². The first kappa shape index (κ1) is 18.9. The smallest absolute Gasteiger partial charge is 0.305 e. The summed E-state index contributed by atoms with van der Waals surface area (Å²) >= 11 is 0. The molecule has 0 bridgehead atoms. The summed E-state index contributed by atoms with van der Waals surface area (Å²) in [5.74, 6) is -0.146. The molecule has 1 saturated heterocycles. The maximum absolute atomic E-state index is 12.3. The molecule has 6 nitrogen and oxygen atoms in total. The molecular formula is C17H26N2O4S. The molecule has 0 aromatic heterocycles. The van der Waals surface area contributed by atoms with Crippen LogP contribution in [0.15, 0.2) is 35.2 Å². The highest BCUT2D eigenvalue weighted by Crippen LogP contribution is 2.15. The van der Waals surface area contributed by atoms with Crippen molar-refractivity contribution in [2.45, 2.75) is 43.5 Å². The van der Waals surface area contributed by atoms with Crippen LogP contribution in [0.1, 0.15) is 32.6 Å². The summed E-state index contributed by atoms with van der Waals surface area (Å²) in [6, 6.07) is 8.39. The molecule has 1 unspecified atom stereocenters. The zero-order chi connectivity index (χ0) is 17.4. The molecule has 2 rings (SSSR count). The number of hydrogen-bond donors (Lipinski definition) is 1. The van der Waals surface area contributed by atoms with Crippen molar-refractivity contribution in [1.82, 2.24) is 9.62 Å². The minimum absolute atomic E-state index is 0.0553. The number of nitrogens with one attached hydrogen (secondary N) is 1. The maximum atomic E-state index is 12.3. The van der Waals surface area contributed by atoms with Gasteiger partial charge >= 0.3 is 5.97 Å². The second-order valence-corrected chi connectivity index (χ2v) is 7.70. The number of esters is 1. The number of nitrogens with zero attached hydrogens (tertiary/aromatic N) is 1. The quantitative estimate of drug-likeness (QED) is 0.540. The largest absolute Gasteiger partial charge is 0.466 e. The number of likely N-dealkylation sites (tertiary alicyclic amines) is 1. The van der Waals surface area contributed by atoms with E-state index in [-0.39, 0.29) is 12.0 Å². The Morgan fingerprint density at radius 2 is 2.04 bits per heavy atom. The number of sulfonamides is 1. The molecular weight excluding hydrogens is 328 g/mol. The standard InChI is InChI=1S/C17H26N2O4S/c1-2-23-17(20)10-6-7-12-19-13-11-15(14-19)18-24(21,22)16-8-4-3-5-9-16/h3-5,8-9,15,18H,2,6-7,10-14H2,1H3. The Morgan fingerprint density at radius 1 is 1.29 bits per heavy atom. The molecule has 0 spiro atoms. The topological polar surface area (TPSA) is 75.7 Å². The Balaban J connectivity index is 1.70. The molecule has 1 heterocycles. The molecule has 0 saturated carbocycles. The fourth-order valence-electron chi connectivity index (χ4n) is 2.86. The van der Waals surface area contributed by atoms with Crippen molar-refractivity contribution in [3.63, 3.8) is 0 Å². The number of hydrogen-bond acceptors (Lipinski definition) is 5. The van der Waals surface area contributed by atoms with E-state index in [9.17, 15) is 13.2 Å². The van der Waals surface area contributed by atoms with Crippen LogP contribution < -0.4 is 4.72 Å². The Hall–Kier alpha value is -1.44. The maximum Gasteiger partial charge on any atom is 0.305 e. The van der Waals surface area contributed by atoms with Crippen LogP contribution in [0.2, 0.25) is 0 Å². The fraction of sp³-hybridized carbons (Fsp3) is 0.588. The van der Waals surface area contributed by atoms with E-state index in [0.29, 0.717) is 24.5 Å². The molecule has 1 atom stereocenters. The van der Waals surface area contributed by atoms with Crippen LogP contribution in [-0.2, 0) is 19.6 Å². The lowest BCUT2D eigenvalue weighted by atomic mass is 10.2. The summed E-state index contributed by atoms with van der Waals surface area (Å²) in [6.07, 6.45) is 2.97. The molecule has 1 fully saturated rings. The first-order valence-electron chi connectivity index (χ1n) is 8.46. The second-order valence-electron chi connectivity index (χ2n) is 5.98. The van der Waals surface area contributed by atoms with E-state index >= 15 is 0 Å². The first-order chi connectivity index (χ1) is 11.5. The lowest BCUT2D eigenvalue weighted by Crippen LogP contribution is -2.37. The zero-order valence-corrected chi connectivity index (χ0v) is 14.9. The molecule has 0 amide bonds. The van der Waals surface area contributed by atoms with E-state index in [1.165, 1.54) is 0 Å². The van der Waals surface area contributed by atoms with Crippen molar-refractivity contribution in [2.75, 3.05) is 26.2 Å². The highest BCUT2D eigenvalue weighted by Gasteiger charge is 2.26. The van der Waals surface area contributed by atoms with Crippen molar-refractivity contribution >= 4 is 16.0 Å². The van der Waals surface area contributed by atoms with Crippen LogP contribution in [0.4, 0.5) is 0 Å². The number of unbranched alkanes of at least 4 members (excludes halogenated alkanes) is 1. The zero-order valence-electron chi connectivity index (χ0n) is 14.1. The van der Waals surface area contributed by atoms with Crippen molar-refractivity contribution in [3.8, 4) is 0 Å². The summed E-state index contributed by atoms with van der Waals surface area (Å²) in [7, 11) is -3.45. The van der Waals surface area contributed by atoms with Gasteiger partial charge in [0.15, 0.2) is 0 Å². The predicted octanol–water partition coefficient (Wildman–Crippen LogP) is 1.77. The van der Waals surface area contributed by atoms with Crippen molar-refractivity contribution in [3.05, 3.63) is 30.3 Å². The molecule has 0 radical (unpaired) electrons. The highest BCUT2D eigenvalue weighted by molar-refractivity contribution is 7.89. The lowest BCUT2D eigenvalue weighted by molar-refractivity contribution is -0.143. The SMILES string of the molecule is CCOC(=O)CCCCN1CCC(NS(=O)(=O)c2ccccc2)C1. The van der Waals surface area contributed by atoms with Gasteiger partial charge in [-0.25, -0.2) is 13.1 Å². The van der Waals surface area contributed by atoms with Crippen molar-refractivity contribution in [1.29, 1.82) is 0 Å².